The van der Waals surface area contributed by atoms with Crippen molar-refractivity contribution in [2.45, 2.75) is 38.8 Å². The van der Waals surface area contributed by atoms with Crippen molar-refractivity contribution in [3.8, 4) is 0 Å². The lowest BCUT2D eigenvalue weighted by Gasteiger charge is -2.34. The van der Waals surface area contributed by atoms with Crippen LogP contribution in [-0.4, -0.2) is 39.5 Å². The first-order valence-electron chi connectivity index (χ1n) is 9.82. The Kier molecular flexibility index (Phi) is 5.28. The maximum absolute atomic E-state index is 13.1. The summed E-state index contributed by atoms with van der Waals surface area (Å²) in [6, 6.07) is 14.6. The minimum Gasteiger partial charge on any atom is -0.381 e. The van der Waals surface area contributed by atoms with E-state index in [0.29, 0.717) is 19.5 Å². The molecule has 1 amide bonds. The number of likely N-dealkylation sites (tertiary alicyclic amines) is 1. The molecule has 3 aromatic rings. The van der Waals surface area contributed by atoms with Crippen LogP contribution in [0.4, 0.5) is 10.1 Å². The molecule has 1 aromatic heterocycles. The normalized spacial score (nSPS) is 17.1. The standard InChI is InChI=1S/C22H25FN4O/c1-16-24-20-6-2-3-7-21(20)27(16)14-12-22(28)26-13-4-5-19(15-26)25-18-10-8-17(23)9-11-18/h2-3,6-11,19,25H,4-5,12-15H2,1H3. The minimum atomic E-state index is -0.242. The number of piperidine rings is 1. The molecule has 6 heteroatoms. The van der Waals surface area contributed by atoms with Crippen LogP contribution in [0.15, 0.2) is 48.5 Å². The van der Waals surface area contributed by atoms with E-state index in [1.165, 1.54) is 12.1 Å². The van der Waals surface area contributed by atoms with Crippen LogP contribution in [-0.2, 0) is 11.3 Å². The zero-order chi connectivity index (χ0) is 19.5. The smallest absolute Gasteiger partial charge is 0.224 e. The molecule has 1 atom stereocenters. The van der Waals surface area contributed by atoms with E-state index in [9.17, 15) is 9.18 Å². The molecule has 5 nitrogen and oxygen atoms in total. The van der Waals surface area contributed by atoms with Gasteiger partial charge in [-0.1, -0.05) is 12.1 Å². The monoisotopic (exact) mass is 380 g/mol. The number of nitrogens with one attached hydrogen (secondary N) is 1. The summed E-state index contributed by atoms with van der Waals surface area (Å²) in [4.78, 5) is 19.3. The molecule has 2 heterocycles. The molecular formula is C22H25FN4O. The lowest BCUT2D eigenvalue weighted by atomic mass is 10.0. The van der Waals surface area contributed by atoms with Crippen LogP contribution < -0.4 is 5.32 Å². The molecule has 1 aliphatic rings. The molecule has 1 saturated heterocycles. The number of rotatable bonds is 5. The second kappa shape index (κ2) is 8.00. The van der Waals surface area contributed by atoms with Gasteiger partial charge >= 0.3 is 0 Å². The van der Waals surface area contributed by atoms with Crippen LogP contribution in [0.25, 0.3) is 11.0 Å². The van der Waals surface area contributed by atoms with Crippen molar-refractivity contribution < 1.29 is 9.18 Å². The Morgan fingerprint density at radius 2 is 2.00 bits per heavy atom. The Hall–Kier alpha value is -2.89. The number of aromatic nitrogens is 2. The molecule has 0 bridgehead atoms. The van der Waals surface area contributed by atoms with Gasteiger partial charge in [-0.2, -0.15) is 0 Å². The molecule has 1 fully saturated rings. The largest absolute Gasteiger partial charge is 0.381 e. The molecule has 0 saturated carbocycles. The van der Waals surface area contributed by atoms with Crippen LogP contribution in [0.2, 0.25) is 0 Å². The van der Waals surface area contributed by atoms with Crippen LogP contribution in [0.3, 0.4) is 0 Å². The first-order valence-corrected chi connectivity index (χ1v) is 9.82. The predicted octanol–water partition coefficient (Wildman–Crippen LogP) is 3.98. The summed E-state index contributed by atoms with van der Waals surface area (Å²) in [7, 11) is 0. The van der Waals surface area contributed by atoms with Crippen molar-refractivity contribution in [2.24, 2.45) is 0 Å². The van der Waals surface area contributed by atoms with Crippen LogP contribution >= 0.6 is 0 Å². The number of amides is 1. The quantitative estimate of drug-likeness (QED) is 0.728. The highest BCUT2D eigenvalue weighted by atomic mass is 19.1. The molecule has 0 aliphatic carbocycles. The molecule has 4 rings (SSSR count). The fraction of sp³-hybridized carbons (Fsp3) is 0.364. The average Bonchev–Trinajstić information content (AvgIpc) is 3.03. The van der Waals surface area contributed by atoms with Crippen molar-refractivity contribution in [3.05, 3.63) is 60.2 Å². The fourth-order valence-corrected chi connectivity index (χ4v) is 3.95. The average molecular weight is 380 g/mol. The Morgan fingerprint density at radius 1 is 1.21 bits per heavy atom. The van der Waals surface area contributed by atoms with Crippen molar-refractivity contribution in [3.63, 3.8) is 0 Å². The molecule has 2 aromatic carbocycles. The second-order valence-electron chi connectivity index (χ2n) is 7.38. The zero-order valence-electron chi connectivity index (χ0n) is 16.1. The molecule has 28 heavy (non-hydrogen) atoms. The van der Waals surface area contributed by atoms with Crippen molar-refractivity contribution in [1.29, 1.82) is 0 Å². The number of anilines is 1. The molecule has 1 unspecified atom stereocenters. The van der Waals surface area contributed by atoms with Gasteiger partial charge < -0.3 is 14.8 Å². The van der Waals surface area contributed by atoms with E-state index in [1.54, 1.807) is 12.1 Å². The van der Waals surface area contributed by atoms with E-state index in [0.717, 1.165) is 41.9 Å². The van der Waals surface area contributed by atoms with E-state index < -0.39 is 0 Å². The van der Waals surface area contributed by atoms with Crippen molar-refractivity contribution in [1.82, 2.24) is 14.5 Å². The van der Waals surface area contributed by atoms with E-state index in [1.807, 2.05) is 36.1 Å². The van der Waals surface area contributed by atoms with Crippen LogP contribution in [0.5, 0.6) is 0 Å². The number of hydrogen-bond donors (Lipinski definition) is 1. The number of benzene rings is 2. The SMILES string of the molecule is Cc1nc2ccccc2n1CCC(=O)N1CCCC(Nc2ccc(F)cc2)C1. The number of nitrogens with zero attached hydrogens (tertiary/aromatic N) is 3. The lowest BCUT2D eigenvalue weighted by molar-refractivity contribution is -0.132. The first kappa shape index (κ1) is 18.5. The van der Waals surface area contributed by atoms with Gasteiger partial charge in [0.2, 0.25) is 5.91 Å². The van der Waals surface area contributed by atoms with Crippen LogP contribution in [0.1, 0.15) is 25.1 Å². The van der Waals surface area contributed by atoms with Gasteiger partial charge in [-0.3, -0.25) is 4.79 Å². The molecule has 0 spiro atoms. The van der Waals surface area contributed by atoms with Gasteiger partial charge in [0.25, 0.3) is 0 Å². The van der Waals surface area contributed by atoms with E-state index in [2.05, 4.69) is 14.9 Å². The lowest BCUT2D eigenvalue weighted by Crippen LogP contribution is -2.45. The predicted molar refractivity (Wildman–Crippen MR) is 109 cm³/mol. The maximum Gasteiger partial charge on any atom is 0.224 e. The molecule has 146 valence electrons. The third kappa shape index (κ3) is 4.01. The highest BCUT2D eigenvalue weighted by Gasteiger charge is 2.23. The van der Waals surface area contributed by atoms with E-state index >= 15 is 0 Å². The number of aryl methyl sites for hydroxylation is 2. The first-order chi connectivity index (χ1) is 13.6. The summed E-state index contributed by atoms with van der Waals surface area (Å²) in [6.45, 7) is 4.09. The topological polar surface area (TPSA) is 50.2 Å². The van der Waals surface area contributed by atoms with Crippen molar-refractivity contribution in [2.75, 3.05) is 18.4 Å². The fourth-order valence-electron chi connectivity index (χ4n) is 3.95. The van der Waals surface area contributed by atoms with Gasteiger partial charge in [-0.05, 0) is 56.2 Å². The highest BCUT2D eigenvalue weighted by Crippen LogP contribution is 2.19. The summed E-state index contributed by atoms with van der Waals surface area (Å²) in [5.74, 6) is 0.861. The summed E-state index contributed by atoms with van der Waals surface area (Å²) in [6.07, 6.45) is 2.44. The van der Waals surface area contributed by atoms with Gasteiger partial charge in [0.15, 0.2) is 0 Å². The maximum atomic E-state index is 13.1. The third-order valence-electron chi connectivity index (χ3n) is 5.38. The number of halogens is 1. The van der Waals surface area contributed by atoms with E-state index in [-0.39, 0.29) is 17.8 Å². The number of hydrogen-bond acceptors (Lipinski definition) is 3. The zero-order valence-corrected chi connectivity index (χ0v) is 16.1. The van der Waals surface area contributed by atoms with Gasteiger partial charge in [0, 0.05) is 37.8 Å². The van der Waals surface area contributed by atoms with Gasteiger partial charge in [-0.15, -0.1) is 0 Å². The van der Waals surface area contributed by atoms with Crippen molar-refractivity contribution >= 4 is 22.6 Å². The summed E-state index contributed by atoms with van der Waals surface area (Å²) in [5, 5.41) is 3.42. The molecule has 1 N–H and O–H groups in total. The number of imidazole rings is 1. The Balaban J connectivity index is 1.36. The molecular weight excluding hydrogens is 355 g/mol. The molecule has 0 radical (unpaired) electrons. The number of carbonyl (C=O) groups excluding carboxylic acids is 1. The number of para-hydroxylation sites is 2. The number of fused-ring (bicyclic) bond motifs is 1. The Bertz CT molecular complexity index is 966. The summed E-state index contributed by atoms with van der Waals surface area (Å²) < 4.78 is 15.2. The van der Waals surface area contributed by atoms with Crippen LogP contribution in [0, 0.1) is 12.7 Å². The number of carbonyl (C=O) groups is 1. The van der Waals surface area contributed by atoms with Gasteiger partial charge in [0.1, 0.15) is 11.6 Å². The summed E-state index contributed by atoms with van der Waals surface area (Å²) >= 11 is 0. The van der Waals surface area contributed by atoms with E-state index in [4.69, 9.17) is 0 Å². The Morgan fingerprint density at radius 3 is 2.82 bits per heavy atom. The molecule has 1 aliphatic heterocycles. The Labute approximate surface area is 164 Å². The highest BCUT2D eigenvalue weighted by molar-refractivity contribution is 5.78. The second-order valence-corrected chi connectivity index (χ2v) is 7.38. The van der Waals surface area contributed by atoms with Gasteiger partial charge in [0.05, 0.1) is 11.0 Å². The minimum absolute atomic E-state index is 0.169. The third-order valence-corrected chi connectivity index (χ3v) is 5.38. The summed E-state index contributed by atoms with van der Waals surface area (Å²) in [5.41, 5.74) is 2.93. The van der Waals surface area contributed by atoms with Gasteiger partial charge in [-0.25, -0.2) is 9.37 Å².